The van der Waals surface area contributed by atoms with Crippen molar-refractivity contribution < 1.29 is 4.74 Å². The molecule has 1 heterocycles. The molecule has 1 aromatic heterocycles. The molecule has 5 heteroatoms. The van der Waals surface area contributed by atoms with E-state index in [9.17, 15) is 0 Å². The quantitative estimate of drug-likeness (QED) is 0.788. The third-order valence-corrected chi connectivity index (χ3v) is 3.46. The third-order valence-electron chi connectivity index (χ3n) is 2.97. The smallest absolute Gasteiger partial charge is 0.206 e. The van der Waals surface area contributed by atoms with Crippen LogP contribution in [-0.4, -0.2) is 16.7 Å². The molecular formula is C14H12BrN3O. The van der Waals surface area contributed by atoms with Crippen LogP contribution < -0.4 is 10.5 Å². The predicted octanol–water partition coefficient (Wildman–Crippen LogP) is 3.38. The summed E-state index contributed by atoms with van der Waals surface area (Å²) in [5.41, 5.74) is 8.71. The Kier molecular flexibility index (Phi) is 2.91. The zero-order chi connectivity index (χ0) is 13.4. The van der Waals surface area contributed by atoms with Crippen LogP contribution in [0.15, 0.2) is 46.9 Å². The number of hydrogen-bond acceptors (Lipinski definition) is 3. The highest BCUT2D eigenvalue weighted by molar-refractivity contribution is 9.10. The fraction of sp³-hybridized carbons (Fsp3) is 0.0714. The Morgan fingerprint density at radius 1 is 1.21 bits per heavy atom. The molecule has 0 atom stereocenters. The third kappa shape index (κ3) is 1.96. The Morgan fingerprint density at radius 3 is 2.79 bits per heavy atom. The van der Waals surface area contributed by atoms with E-state index in [1.165, 1.54) is 0 Å². The molecule has 2 N–H and O–H groups in total. The second-order valence-electron chi connectivity index (χ2n) is 4.11. The zero-order valence-corrected chi connectivity index (χ0v) is 11.9. The van der Waals surface area contributed by atoms with E-state index in [0.29, 0.717) is 5.95 Å². The summed E-state index contributed by atoms with van der Waals surface area (Å²) in [6.45, 7) is 0. The van der Waals surface area contributed by atoms with Gasteiger partial charge >= 0.3 is 0 Å². The van der Waals surface area contributed by atoms with Gasteiger partial charge in [-0.25, -0.2) is 4.98 Å². The Bertz CT molecular complexity index is 752. The number of ether oxygens (including phenoxy) is 1. The number of imidazole rings is 1. The van der Waals surface area contributed by atoms with Crippen LogP contribution in [0, 0.1) is 0 Å². The van der Waals surface area contributed by atoms with E-state index in [2.05, 4.69) is 20.9 Å². The van der Waals surface area contributed by atoms with Crippen molar-refractivity contribution >= 4 is 32.9 Å². The zero-order valence-electron chi connectivity index (χ0n) is 10.3. The van der Waals surface area contributed by atoms with E-state index in [4.69, 9.17) is 10.5 Å². The first-order valence-electron chi connectivity index (χ1n) is 5.77. The van der Waals surface area contributed by atoms with Gasteiger partial charge in [0.15, 0.2) is 0 Å². The topological polar surface area (TPSA) is 53.1 Å². The van der Waals surface area contributed by atoms with Gasteiger partial charge in [-0.1, -0.05) is 28.1 Å². The highest BCUT2D eigenvalue weighted by Crippen LogP contribution is 2.30. The van der Waals surface area contributed by atoms with Gasteiger partial charge in [-0.2, -0.15) is 0 Å². The maximum absolute atomic E-state index is 6.04. The van der Waals surface area contributed by atoms with Crippen LogP contribution in [0.5, 0.6) is 5.75 Å². The molecule has 4 nitrogen and oxygen atoms in total. The number of para-hydroxylation sites is 2. The molecule has 19 heavy (non-hydrogen) atoms. The average molecular weight is 318 g/mol. The SMILES string of the molecule is COc1ccccc1-n1c(N)nc2ccc(Br)cc21. The summed E-state index contributed by atoms with van der Waals surface area (Å²) < 4.78 is 8.26. The number of nitrogen functional groups attached to an aromatic ring is 1. The van der Waals surface area contributed by atoms with E-state index in [-0.39, 0.29) is 0 Å². The van der Waals surface area contributed by atoms with Gasteiger partial charge in [0.2, 0.25) is 5.95 Å². The van der Waals surface area contributed by atoms with Crippen molar-refractivity contribution in [3.63, 3.8) is 0 Å². The summed E-state index contributed by atoms with van der Waals surface area (Å²) in [4.78, 5) is 4.37. The maximum Gasteiger partial charge on any atom is 0.206 e. The lowest BCUT2D eigenvalue weighted by atomic mass is 10.2. The number of aromatic nitrogens is 2. The van der Waals surface area contributed by atoms with Crippen molar-refractivity contribution in [1.82, 2.24) is 9.55 Å². The summed E-state index contributed by atoms with van der Waals surface area (Å²) in [5, 5.41) is 0. The summed E-state index contributed by atoms with van der Waals surface area (Å²) in [7, 11) is 1.64. The molecule has 0 saturated carbocycles. The molecule has 0 saturated heterocycles. The van der Waals surface area contributed by atoms with Crippen LogP contribution in [0.4, 0.5) is 5.95 Å². The van der Waals surface area contributed by atoms with Gasteiger partial charge in [-0.3, -0.25) is 4.57 Å². The number of halogens is 1. The van der Waals surface area contributed by atoms with E-state index in [1.54, 1.807) is 7.11 Å². The lowest BCUT2D eigenvalue weighted by Gasteiger charge is -2.11. The number of fused-ring (bicyclic) bond motifs is 1. The molecule has 0 aliphatic carbocycles. The normalized spacial score (nSPS) is 10.8. The molecule has 0 aliphatic rings. The lowest BCUT2D eigenvalue weighted by molar-refractivity contribution is 0.413. The van der Waals surface area contributed by atoms with Crippen LogP contribution >= 0.6 is 15.9 Å². The Balaban J connectivity index is 2.35. The number of rotatable bonds is 2. The molecule has 0 radical (unpaired) electrons. The minimum Gasteiger partial charge on any atom is -0.495 e. The van der Waals surface area contributed by atoms with Crippen molar-refractivity contribution in [2.75, 3.05) is 12.8 Å². The van der Waals surface area contributed by atoms with E-state index < -0.39 is 0 Å². The van der Waals surface area contributed by atoms with Crippen LogP contribution in [0.1, 0.15) is 0 Å². The number of anilines is 1. The molecule has 0 amide bonds. The molecule has 0 aliphatic heterocycles. The van der Waals surface area contributed by atoms with Gasteiger partial charge in [0.25, 0.3) is 0 Å². The monoisotopic (exact) mass is 317 g/mol. The maximum atomic E-state index is 6.04. The highest BCUT2D eigenvalue weighted by Gasteiger charge is 2.13. The molecule has 3 rings (SSSR count). The van der Waals surface area contributed by atoms with Crippen LogP contribution in [0.3, 0.4) is 0 Å². The molecular weight excluding hydrogens is 306 g/mol. The minimum absolute atomic E-state index is 0.442. The summed E-state index contributed by atoms with van der Waals surface area (Å²) in [6, 6.07) is 13.6. The van der Waals surface area contributed by atoms with E-state index in [0.717, 1.165) is 26.9 Å². The van der Waals surface area contributed by atoms with Crippen molar-refractivity contribution in [3.05, 3.63) is 46.9 Å². The largest absolute Gasteiger partial charge is 0.495 e. The average Bonchev–Trinajstić information content (AvgIpc) is 2.74. The molecule has 0 bridgehead atoms. The van der Waals surface area contributed by atoms with Gasteiger partial charge in [0, 0.05) is 4.47 Å². The predicted molar refractivity (Wildman–Crippen MR) is 79.7 cm³/mol. The molecule has 2 aromatic carbocycles. The summed E-state index contributed by atoms with van der Waals surface area (Å²) >= 11 is 3.47. The number of hydrogen-bond donors (Lipinski definition) is 1. The van der Waals surface area contributed by atoms with Crippen molar-refractivity contribution in [3.8, 4) is 11.4 Å². The van der Waals surface area contributed by atoms with E-state index >= 15 is 0 Å². The van der Waals surface area contributed by atoms with Gasteiger partial charge in [-0.15, -0.1) is 0 Å². The Hall–Kier alpha value is -2.01. The first kappa shape index (κ1) is 12.0. The number of benzene rings is 2. The van der Waals surface area contributed by atoms with Gasteiger partial charge in [-0.05, 0) is 30.3 Å². The fourth-order valence-corrected chi connectivity index (χ4v) is 2.48. The number of methoxy groups -OCH3 is 1. The summed E-state index contributed by atoms with van der Waals surface area (Å²) in [5.74, 6) is 1.20. The molecule has 3 aromatic rings. The van der Waals surface area contributed by atoms with Crippen molar-refractivity contribution in [2.45, 2.75) is 0 Å². The van der Waals surface area contributed by atoms with Gasteiger partial charge < -0.3 is 10.5 Å². The van der Waals surface area contributed by atoms with Crippen LogP contribution in [-0.2, 0) is 0 Å². The standard InChI is InChI=1S/C14H12BrN3O/c1-19-13-5-3-2-4-11(13)18-12-8-9(15)6-7-10(12)17-14(18)16/h2-8H,1H3,(H2,16,17). The van der Waals surface area contributed by atoms with Crippen molar-refractivity contribution in [2.24, 2.45) is 0 Å². The fourth-order valence-electron chi connectivity index (χ4n) is 2.13. The second-order valence-corrected chi connectivity index (χ2v) is 5.03. The van der Waals surface area contributed by atoms with E-state index in [1.807, 2.05) is 47.0 Å². The number of nitrogens with two attached hydrogens (primary N) is 1. The number of nitrogens with zero attached hydrogens (tertiary/aromatic N) is 2. The highest BCUT2D eigenvalue weighted by atomic mass is 79.9. The minimum atomic E-state index is 0.442. The molecule has 0 spiro atoms. The van der Waals surface area contributed by atoms with Gasteiger partial charge in [0.1, 0.15) is 5.75 Å². The molecule has 0 unspecified atom stereocenters. The first-order valence-corrected chi connectivity index (χ1v) is 6.57. The van der Waals surface area contributed by atoms with Crippen molar-refractivity contribution in [1.29, 1.82) is 0 Å². The molecule has 0 fully saturated rings. The molecule has 96 valence electrons. The first-order chi connectivity index (χ1) is 9.20. The Labute approximate surface area is 118 Å². The summed E-state index contributed by atoms with van der Waals surface area (Å²) in [6.07, 6.45) is 0. The van der Waals surface area contributed by atoms with Crippen LogP contribution in [0.25, 0.3) is 16.7 Å². The lowest BCUT2D eigenvalue weighted by Crippen LogP contribution is -2.02. The van der Waals surface area contributed by atoms with Gasteiger partial charge in [0.05, 0.1) is 23.8 Å². The second kappa shape index (κ2) is 4.59. The van der Waals surface area contributed by atoms with Crippen LogP contribution in [0.2, 0.25) is 0 Å². The Morgan fingerprint density at radius 2 is 2.00 bits per heavy atom.